The van der Waals surface area contributed by atoms with Gasteiger partial charge in [-0.3, -0.25) is 14.9 Å². The van der Waals surface area contributed by atoms with E-state index in [0.29, 0.717) is 17.9 Å². The third-order valence-corrected chi connectivity index (χ3v) is 2.82. The SMILES string of the molecule is CCNc1cccc(C(=O)NCc2cnc[nH]2)c1[N+](=O)[O-]. The first kappa shape index (κ1) is 14.5. The van der Waals surface area contributed by atoms with Crippen molar-refractivity contribution in [1.29, 1.82) is 0 Å². The summed E-state index contributed by atoms with van der Waals surface area (Å²) >= 11 is 0. The molecule has 0 aliphatic rings. The third kappa shape index (κ3) is 3.35. The maximum atomic E-state index is 12.1. The minimum atomic E-state index is -0.552. The maximum absolute atomic E-state index is 12.1. The highest BCUT2D eigenvalue weighted by Gasteiger charge is 2.24. The Labute approximate surface area is 120 Å². The number of aromatic amines is 1. The van der Waals surface area contributed by atoms with E-state index in [2.05, 4.69) is 20.6 Å². The van der Waals surface area contributed by atoms with E-state index in [-0.39, 0.29) is 17.8 Å². The summed E-state index contributed by atoms with van der Waals surface area (Å²) in [6, 6.07) is 4.62. The normalized spacial score (nSPS) is 10.1. The number of nitro groups is 1. The van der Waals surface area contributed by atoms with Crippen LogP contribution in [0.1, 0.15) is 23.0 Å². The van der Waals surface area contributed by atoms with Crippen LogP contribution in [0, 0.1) is 10.1 Å². The van der Waals surface area contributed by atoms with Crippen molar-refractivity contribution in [3.05, 3.63) is 52.1 Å². The number of hydrogen-bond donors (Lipinski definition) is 3. The van der Waals surface area contributed by atoms with E-state index in [1.54, 1.807) is 18.3 Å². The lowest BCUT2D eigenvalue weighted by Gasteiger charge is -2.09. The van der Waals surface area contributed by atoms with Gasteiger partial charge in [0.05, 0.1) is 23.5 Å². The van der Waals surface area contributed by atoms with Gasteiger partial charge in [0.2, 0.25) is 0 Å². The lowest BCUT2D eigenvalue weighted by Crippen LogP contribution is -2.24. The van der Waals surface area contributed by atoms with Crippen LogP contribution in [0.5, 0.6) is 0 Å². The number of anilines is 1. The number of nitrogens with one attached hydrogen (secondary N) is 3. The molecule has 2 aromatic rings. The number of carbonyl (C=O) groups excluding carboxylic acids is 1. The smallest absolute Gasteiger partial charge is 0.305 e. The molecule has 0 atom stereocenters. The van der Waals surface area contributed by atoms with Gasteiger partial charge in [0.25, 0.3) is 5.91 Å². The van der Waals surface area contributed by atoms with Crippen molar-refractivity contribution < 1.29 is 9.72 Å². The molecule has 1 aromatic carbocycles. The molecule has 8 heteroatoms. The number of imidazole rings is 1. The van der Waals surface area contributed by atoms with E-state index in [4.69, 9.17) is 0 Å². The number of carbonyl (C=O) groups is 1. The lowest BCUT2D eigenvalue weighted by atomic mass is 10.1. The molecule has 21 heavy (non-hydrogen) atoms. The van der Waals surface area contributed by atoms with Crippen LogP contribution in [0.3, 0.4) is 0 Å². The highest BCUT2D eigenvalue weighted by molar-refractivity contribution is 6.00. The number of rotatable bonds is 6. The van der Waals surface area contributed by atoms with Crippen LogP contribution < -0.4 is 10.6 Å². The Morgan fingerprint density at radius 1 is 1.48 bits per heavy atom. The molecule has 8 nitrogen and oxygen atoms in total. The molecule has 0 saturated carbocycles. The largest absolute Gasteiger partial charge is 0.380 e. The fourth-order valence-electron chi connectivity index (χ4n) is 1.91. The number of amides is 1. The van der Waals surface area contributed by atoms with E-state index in [9.17, 15) is 14.9 Å². The predicted molar refractivity (Wildman–Crippen MR) is 77.0 cm³/mol. The molecule has 110 valence electrons. The molecule has 0 fully saturated rings. The van der Waals surface area contributed by atoms with E-state index in [1.807, 2.05) is 6.92 Å². The van der Waals surface area contributed by atoms with Gasteiger partial charge >= 0.3 is 5.69 Å². The molecule has 2 rings (SSSR count). The zero-order valence-electron chi connectivity index (χ0n) is 11.4. The second kappa shape index (κ2) is 6.51. The van der Waals surface area contributed by atoms with Gasteiger partial charge in [-0.05, 0) is 19.1 Å². The molecular weight excluding hydrogens is 274 g/mol. The molecular formula is C13H15N5O3. The summed E-state index contributed by atoms with van der Waals surface area (Å²) in [6.07, 6.45) is 3.07. The van der Waals surface area contributed by atoms with Gasteiger partial charge in [0.15, 0.2) is 0 Å². The first-order valence-electron chi connectivity index (χ1n) is 6.40. The summed E-state index contributed by atoms with van der Waals surface area (Å²) in [4.78, 5) is 29.5. The molecule has 0 bridgehead atoms. The van der Waals surface area contributed by atoms with Gasteiger partial charge in [-0.15, -0.1) is 0 Å². The number of hydrogen-bond acceptors (Lipinski definition) is 5. The van der Waals surface area contributed by atoms with Crippen LogP contribution in [-0.2, 0) is 6.54 Å². The average molecular weight is 289 g/mol. The molecule has 0 saturated heterocycles. The Hall–Kier alpha value is -2.90. The van der Waals surface area contributed by atoms with Crippen LogP contribution in [-0.4, -0.2) is 27.3 Å². The van der Waals surface area contributed by atoms with Crippen molar-refractivity contribution in [1.82, 2.24) is 15.3 Å². The number of aromatic nitrogens is 2. The highest BCUT2D eigenvalue weighted by Crippen LogP contribution is 2.28. The predicted octanol–water partition coefficient (Wildman–Crippen LogP) is 1.68. The Morgan fingerprint density at radius 3 is 2.90 bits per heavy atom. The number of nitrogens with zero attached hydrogens (tertiary/aromatic N) is 2. The van der Waals surface area contributed by atoms with Crippen LogP contribution in [0.25, 0.3) is 0 Å². The minimum absolute atomic E-state index is 0.0259. The Kier molecular flexibility index (Phi) is 4.50. The second-order valence-corrected chi connectivity index (χ2v) is 4.25. The Bertz CT molecular complexity index is 639. The molecule has 3 N–H and O–H groups in total. The van der Waals surface area contributed by atoms with Crippen LogP contribution >= 0.6 is 0 Å². The summed E-state index contributed by atoms with van der Waals surface area (Å²) in [6.45, 7) is 2.58. The molecule has 0 aliphatic carbocycles. The first-order chi connectivity index (χ1) is 10.1. The van der Waals surface area contributed by atoms with Crippen LogP contribution in [0.4, 0.5) is 11.4 Å². The van der Waals surface area contributed by atoms with E-state index in [1.165, 1.54) is 12.4 Å². The Balaban J connectivity index is 2.23. The third-order valence-electron chi connectivity index (χ3n) is 2.82. The van der Waals surface area contributed by atoms with Crippen molar-refractivity contribution in [3.63, 3.8) is 0 Å². The topological polar surface area (TPSA) is 113 Å². The molecule has 1 aromatic heterocycles. The Morgan fingerprint density at radius 2 is 2.29 bits per heavy atom. The van der Waals surface area contributed by atoms with Gasteiger partial charge in [0, 0.05) is 12.7 Å². The first-order valence-corrected chi connectivity index (χ1v) is 6.40. The summed E-state index contributed by atoms with van der Waals surface area (Å²) in [5.74, 6) is -0.504. The van der Waals surface area contributed by atoms with Gasteiger partial charge in [0.1, 0.15) is 11.3 Å². The average Bonchev–Trinajstić information content (AvgIpc) is 2.98. The van der Waals surface area contributed by atoms with E-state index >= 15 is 0 Å². The maximum Gasteiger partial charge on any atom is 0.305 e. The fraction of sp³-hybridized carbons (Fsp3) is 0.231. The zero-order valence-corrected chi connectivity index (χ0v) is 11.4. The lowest BCUT2D eigenvalue weighted by molar-refractivity contribution is -0.384. The molecule has 0 aliphatic heterocycles. The highest BCUT2D eigenvalue weighted by atomic mass is 16.6. The van der Waals surface area contributed by atoms with Crippen molar-refractivity contribution in [2.45, 2.75) is 13.5 Å². The quantitative estimate of drug-likeness (QED) is 0.553. The van der Waals surface area contributed by atoms with Crippen molar-refractivity contribution >= 4 is 17.3 Å². The van der Waals surface area contributed by atoms with E-state index in [0.717, 1.165) is 0 Å². The monoisotopic (exact) mass is 289 g/mol. The standard InChI is InChI=1S/C13H15N5O3/c1-2-15-11-5-3-4-10(12(11)18(20)21)13(19)16-7-9-6-14-8-17-9/h3-6,8,15H,2,7H2,1H3,(H,14,17)(H,16,19). The molecule has 0 unspecified atom stereocenters. The van der Waals surface area contributed by atoms with Crippen LogP contribution in [0.2, 0.25) is 0 Å². The van der Waals surface area contributed by atoms with Gasteiger partial charge in [-0.1, -0.05) is 6.07 Å². The second-order valence-electron chi connectivity index (χ2n) is 4.25. The summed E-state index contributed by atoms with van der Waals surface area (Å²) in [5.41, 5.74) is 0.852. The molecule has 0 spiro atoms. The number of H-pyrrole nitrogens is 1. The molecule has 0 radical (unpaired) electrons. The molecule has 1 amide bonds. The fourth-order valence-corrected chi connectivity index (χ4v) is 1.91. The summed E-state index contributed by atoms with van der Waals surface area (Å²) < 4.78 is 0. The number of benzene rings is 1. The van der Waals surface area contributed by atoms with Gasteiger partial charge in [-0.2, -0.15) is 0 Å². The van der Waals surface area contributed by atoms with Crippen molar-refractivity contribution in [3.8, 4) is 0 Å². The summed E-state index contributed by atoms with van der Waals surface area (Å²) in [7, 11) is 0. The number of para-hydroxylation sites is 1. The van der Waals surface area contributed by atoms with Crippen molar-refractivity contribution in [2.24, 2.45) is 0 Å². The zero-order chi connectivity index (χ0) is 15.2. The van der Waals surface area contributed by atoms with E-state index < -0.39 is 10.8 Å². The minimum Gasteiger partial charge on any atom is -0.380 e. The summed E-state index contributed by atoms with van der Waals surface area (Å²) in [5, 5.41) is 16.7. The van der Waals surface area contributed by atoms with Gasteiger partial charge in [-0.25, -0.2) is 4.98 Å². The molecule has 1 heterocycles. The van der Waals surface area contributed by atoms with Crippen LogP contribution in [0.15, 0.2) is 30.7 Å². The number of nitro benzene ring substituents is 1. The van der Waals surface area contributed by atoms with Gasteiger partial charge < -0.3 is 15.6 Å². The van der Waals surface area contributed by atoms with Crippen molar-refractivity contribution in [2.75, 3.05) is 11.9 Å².